The molecule has 2 aromatic heterocycles. The van der Waals surface area contributed by atoms with E-state index in [4.69, 9.17) is 4.42 Å². The highest BCUT2D eigenvalue weighted by atomic mass is 32.2. The van der Waals surface area contributed by atoms with Crippen LogP contribution < -0.4 is 5.32 Å². The Morgan fingerprint density at radius 1 is 1.23 bits per heavy atom. The first-order valence-corrected chi connectivity index (χ1v) is 8.85. The van der Waals surface area contributed by atoms with Crippen LogP contribution in [0, 0.1) is 0 Å². The first-order chi connectivity index (χ1) is 10.8. The van der Waals surface area contributed by atoms with E-state index in [1.807, 2.05) is 30.3 Å². The zero-order valence-electron chi connectivity index (χ0n) is 12.2. The molecule has 0 amide bonds. The molecule has 3 aromatic rings. The van der Waals surface area contributed by atoms with Crippen molar-refractivity contribution in [1.82, 2.24) is 15.2 Å². The van der Waals surface area contributed by atoms with Gasteiger partial charge in [-0.1, -0.05) is 48.2 Å². The van der Waals surface area contributed by atoms with Gasteiger partial charge in [0.1, 0.15) is 6.26 Å². The smallest absolute Gasteiger partial charge is 0.226 e. The van der Waals surface area contributed by atoms with Gasteiger partial charge in [-0.2, -0.15) is 0 Å². The first-order valence-electron chi connectivity index (χ1n) is 7.05. The number of hydrogen-bond acceptors (Lipinski definition) is 7. The monoisotopic (exact) mass is 332 g/mol. The summed E-state index contributed by atoms with van der Waals surface area (Å²) in [6.45, 7) is 3.04. The van der Waals surface area contributed by atoms with E-state index in [2.05, 4.69) is 27.4 Å². The highest BCUT2D eigenvalue weighted by Crippen LogP contribution is 2.29. The number of benzene rings is 1. The van der Waals surface area contributed by atoms with Crippen molar-refractivity contribution >= 4 is 28.2 Å². The molecule has 0 atom stereocenters. The maximum Gasteiger partial charge on any atom is 0.226 e. The fourth-order valence-corrected chi connectivity index (χ4v) is 3.45. The van der Waals surface area contributed by atoms with Crippen LogP contribution in [0.1, 0.15) is 19.0 Å². The molecule has 0 saturated carbocycles. The van der Waals surface area contributed by atoms with Gasteiger partial charge in [-0.3, -0.25) is 0 Å². The lowest BCUT2D eigenvalue weighted by atomic mass is 10.2. The Hall–Kier alpha value is -1.86. The molecule has 0 unspecified atom stereocenters. The van der Waals surface area contributed by atoms with Crippen LogP contribution in [0.3, 0.4) is 0 Å². The SMILES string of the molecule is CCCNc1nnc(SCc2coc(-c3ccccc3)n2)s1. The molecule has 0 saturated heterocycles. The van der Waals surface area contributed by atoms with Crippen molar-refractivity contribution in [3.8, 4) is 11.5 Å². The molecule has 0 aliphatic rings. The number of aromatic nitrogens is 3. The average Bonchev–Trinajstić information content (AvgIpc) is 3.21. The number of hydrogen-bond donors (Lipinski definition) is 1. The summed E-state index contributed by atoms with van der Waals surface area (Å²) in [4.78, 5) is 4.51. The second-order valence-corrected chi connectivity index (χ2v) is 6.80. The fourth-order valence-electron chi connectivity index (χ4n) is 1.79. The number of anilines is 1. The number of oxazole rings is 1. The van der Waals surface area contributed by atoms with Gasteiger partial charge in [0, 0.05) is 17.9 Å². The van der Waals surface area contributed by atoms with Gasteiger partial charge < -0.3 is 9.73 Å². The summed E-state index contributed by atoms with van der Waals surface area (Å²) in [5, 5.41) is 12.4. The summed E-state index contributed by atoms with van der Waals surface area (Å²) in [6.07, 6.45) is 2.77. The van der Waals surface area contributed by atoms with Crippen LogP contribution >= 0.6 is 23.1 Å². The summed E-state index contributed by atoms with van der Waals surface area (Å²) in [7, 11) is 0. The van der Waals surface area contributed by atoms with Gasteiger partial charge in [-0.15, -0.1) is 10.2 Å². The minimum atomic E-state index is 0.652. The summed E-state index contributed by atoms with van der Waals surface area (Å²) in [5.41, 5.74) is 1.89. The van der Waals surface area contributed by atoms with Crippen LogP contribution in [-0.4, -0.2) is 21.7 Å². The minimum Gasteiger partial charge on any atom is -0.444 e. The molecule has 1 N–H and O–H groups in total. The van der Waals surface area contributed by atoms with Gasteiger partial charge in [-0.25, -0.2) is 4.98 Å². The quantitative estimate of drug-likeness (QED) is 0.651. The number of nitrogens with one attached hydrogen (secondary N) is 1. The molecule has 3 rings (SSSR count). The number of thioether (sulfide) groups is 1. The van der Waals surface area contributed by atoms with Crippen molar-refractivity contribution in [2.24, 2.45) is 0 Å². The number of nitrogens with zero attached hydrogens (tertiary/aromatic N) is 3. The van der Waals surface area contributed by atoms with E-state index in [-0.39, 0.29) is 0 Å². The van der Waals surface area contributed by atoms with E-state index < -0.39 is 0 Å². The topological polar surface area (TPSA) is 63.8 Å². The van der Waals surface area contributed by atoms with Crippen molar-refractivity contribution in [3.05, 3.63) is 42.3 Å². The Morgan fingerprint density at radius 3 is 2.91 bits per heavy atom. The third kappa shape index (κ3) is 3.86. The lowest BCUT2D eigenvalue weighted by molar-refractivity contribution is 0.573. The van der Waals surface area contributed by atoms with E-state index in [0.717, 1.165) is 39.4 Å². The maximum atomic E-state index is 5.53. The normalized spacial score (nSPS) is 10.8. The lowest BCUT2D eigenvalue weighted by Gasteiger charge is -1.95. The van der Waals surface area contributed by atoms with Crippen LogP contribution in [0.5, 0.6) is 0 Å². The molecule has 7 heteroatoms. The van der Waals surface area contributed by atoms with Crippen molar-refractivity contribution in [2.45, 2.75) is 23.4 Å². The molecular weight excluding hydrogens is 316 g/mol. The fraction of sp³-hybridized carbons (Fsp3) is 0.267. The van der Waals surface area contributed by atoms with E-state index in [1.165, 1.54) is 0 Å². The van der Waals surface area contributed by atoms with E-state index in [0.29, 0.717) is 5.89 Å². The largest absolute Gasteiger partial charge is 0.444 e. The Kier molecular flexibility index (Phi) is 5.07. The maximum absolute atomic E-state index is 5.53. The molecule has 1 aromatic carbocycles. The summed E-state index contributed by atoms with van der Waals surface area (Å²) < 4.78 is 6.46. The average molecular weight is 332 g/mol. The van der Waals surface area contributed by atoms with Crippen LogP contribution in [-0.2, 0) is 5.75 Å². The van der Waals surface area contributed by atoms with Crippen molar-refractivity contribution in [2.75, 3.05) is 11.9 Å². The Labute approximate surface area is 137 Å². The lowest BCUT2D eigenvalue weighted by Crippen LogP contribution is -1.98. The van der Waals surface area contributed by atoms with Crippen LogP contribution in [0.15, 0.2) is 45.4 Å². The third-order valence-electron chi connectivity index (χ3n) is 2.85. The van der Waals surface area contributed by atoms with Gasteiger partial charge in [0.05, 0.1) is 5.69 Å². The van der Waals surface area contributed by atoms with Crippen molar-refractivity contribution in [1.29, 1.82) is 0 Å². The van der Waals surface area contributed by atoms with E-state index in [9.17, 15) is 0 Å². The van der Waals surface area contributed by atoms with Crippen LogP contribution in [0.25, 0.3) is 11.5 Å². The molecule has 0 aliphatic carbocycles. The van der Waals surface area contributed by atoms with Crippen LogP contribution in [0.4, 0.5) is 5.13 Å². The zero-order chi connectivity index (χ0) is 15.2. The van der Waals surface area contributed by atoms with Crippen molar-refractivity contribution in [3.63, 3.8) is 0 Å². The third-order valence-corrected chi connectivity index (χ3v) is 4.90. The molecule has 5 nitrogen and oxygen atoms in total. The molecule has 0 fully saturated rings. The molecule has 0 aliphatic heterocycles. The highest BCUT2D eigenvalue weighted by Gasteiger charge is 2.09. The molecule has 0 spiro atoms. The molecule has 22 heavy (non-hydrogen) atoms. The molecular formula is C15H16N4OS2. The predicted molar refractivity (Wildman–Crippen MR) is 90.2 cm³/mol. The zero-order valence-corrected chi connectivity index (χ0v) is 13.8. The van der Waals surface area contributed by atoms with Gasteiger partial charge in [-0.05, 0) is 18.6 Å². The van der Waals surface area contributed by atoms with E-state index >= 15 is 0 Å². The predicted octanol–water partition coefficient (Wildman–Crippen LogP) is 4.31. The summed E-state index contributed by atoms with van der Waals surface area (Å²) >= 11 is 3.19. The molecule has 2 heterocycles. The van der Waals surface area contributed by atoms with Gasteiger partial charge in [0.2, 0.25) is 11.0 Å². The Bertz CT molecular complexity index is 711. The molecule has 0 radical (unpaired) electrons. The molecule has 0 bridgehead atoms. The second kappa shape index (κ2) is 7.42. The second-order valence-electron chi connectivity index (χ2n) is 4.60. The first kappa shape index (κ1) is 15.1. The van der Waals surface area contributed by atoms with Gasteiger partial charge in [0.15, 0.2) is 4.34 Å². The van der Waals surface area contributed by atoms with Gasteiger partial charge in [0.25, 0.3) is 0 Å². The summed E-state index contributed by atoms with van der Waals surface area (Å²) in [5.74, 6) is 1.37. The van der Waals surface area contributed by atoms with Gasteiger partial charge >= 0.3 is 0 Å². The van der Waals surface area contributed by atoms with Crippen molar-refractivity contribution < 1.29 is 4.42 Å². The van der Waals surface area contributed by atoms with Crippen LogP contribution in [0.2, 0.25) is 0 Å². The standard InChI is InChI=1S/C15H16N4OS2/c1-2-8-16-14-18-19-15(22-14)21-10-12-9-20-13(17-12)11-6-4-3-5-7-11/h3-7,9H,2,8,10H2,1H3,(H,16,18). The molecule has 114 valence electrons. The Morgan fingerprint density at radius 2 is 2.09 bits per heavy atom. The van der Waals surface area contributed by atoms with E-state index in [1.54, 1.807) is 29.4 Å². The summed E-state index contributed by atoms with van der Waals surface area (Å²) in [6, 6.07) is 9.89. The number of rotatable bonds is 7. The Balaban J connectivity index is 1.58. The minimum absolute atomic E-state index is 0.652. The highest BCUT2D eigenvalue weighted by molar-refractivity contribution is 8.00.